The number of carbonyl (C=O) groups excluding carboxylic acids is 3. The third-order valence-electron chi connectivity index (χ3n) is 3.90. The van der Waals surface area contributed by atoms with Gasteiger partial charge in [0, 0.05) is 5.02 Å². The van der Waals surface area contributed by atoms with Crippen molar-refractivity contribution in [3.63, 3.8) is 0 Å². The molecule has 0 unspecified atom stereocenters. The maximum atomic E-state index is 12.1. The molecule has 146 valence electrons. The second-order valence-electron chi connectivity index (χ2n) is 5.79. The minimum absolute atomic E-state index is 0.167. The van der Waals surface area contributed by atoms with Crippen LogP contribution in [0.3, 0.4) is 0 Å². The lowest BCUT2D eigenvalue weighted by Gasteiger charge is -2.28. The Bertz CT molecular complexity index is 917. The number of fused-ring (bicyclic) bond motifs is 1. The first kappa shape index (κ1) is 19.5. The molecule has 0 radical (unpaired) electrons. The molecule has 0 aromatic heterocycles. The van der Waals surface area contributed by atoms with Crippen molar-refractivity contribution < 1.29 is 28.6 Å². The van der Waals surface area contributed by atoms with Gasteiger partial charge in [-0.15, -0.1) is 0 Å². The van der Waals surface area contributed by atoms with Crippen LogP contribution in [-0.4, -0.2) is 44.7 Å². The molecule has 1 aliphatic heterocycles. The van der Waals surface area contributed by atoms with Crippen molar-refractivity contribution in [1.82, 2.24) is 0 Å². The standard InChI is InChI=1S/C19H17ClN2O6/c1-26-15-7-6-12(20)8-13(15)21-17(23)10-28-19(25)9-22-14-4-2-3-5-16(14)27-11-18(22)24/h2-8H,9-11H2,1H3,(H,21,23). The molecule has 0 atom stereocenters. The van der Waals surface area contributed by atoms with Crippen LogP contribution < -0.4 is 19.7 Å². The van der Waals surface area contributed by atoms with Gasteiger partial charge in [0.1, 0.15) is 18.0 Å². The van der Waals surface area contributed by atoms with E-state index < -0.39 is 18.5 Å². The van der Waals surface area contributed by atoms with Gasteiger partial charge >= 0.3 is 5.97 Å². The smallest absolute Gasteiger partial charge is 0.326 e. The van der Waals surface area contributed by atoms with Gasteiger partial charge in [0.25, 0.3) is 11.8 Å². The number of para-hydroxylation sites is 2. The van der Waals surface area contributed by atoms with Gasteiger partial charge in [-0.25, -0.2) is 0 Å². The Morgan fingerprint density at radius 2 is 2.04 bits per heavy atom. The molecule has 8 nitrogen and oxygen atoms in total. The average Bonchev–Trinajstić information content (AvgIpc) is 2.69. The summed E-state index contributed by atoms with van der Waals surface area (Å²) in [6.45, 7) is -1.01. The molecule has 1 N–H and O–H groups in total. The van der Waals surface area contributed by atoms with Crippen LogP contribution in [0.5, 0.6) is 11.5 Å². The van der Waals surface area contributed by atoms with Gasteiger partial charge < -0.3 is 19.5 Å². The SMILES string of the molecule is COc1ccc(Cl)cc1NC(=O)COC(=O)CN1C(=O)COc2ccccc21. The highest BCUT2D eigenvalue weighted by Gasteiger charge is 2.27. The van der Waals surface area contributed by atoms with E-state index in [1.165, 1.54) is 18.1 Å². The van der Waals surface area contributed by atoms with Crippen LogP contribution in [0.4, 0.5) is 11.4 Å². The molecule has 0 spiro atoms. The lowest BCUT2D eigenvalue weighted by molar-refractivity contribution is -0.146. The Balaban J connectivity index is 1.57. The molecule has 0 bridgehead atoms. The molecular formula is C19H17ClN2O6. The van der Waals surface area contributed by atoms with Crippen LogP contribution >= 0.6 is 11.6 Å². The summed E-state index contributed by atoms with van der Waals surface area (Å²) in [5.41, 5.74) is 0.831. The average molecular weight is 405 g/mol. The fourth-order valence-electron chi connectivity index (χ4n) is 2.61. The highest BCUT2D eigenvalue weighted by atomic mass is 35.5. The van der Waals surface area contributed by atoms with Crippen molar-refractivity contribution in [3.8, 4) is 11.5 Å². The number of amides is 2. The van der Waals surface area contributed by atoms with Gasteiger partial charge in [0.05, 0.1) is 18.5 Å². The summed E-state index contributed by atoms with van der Waals surface area (Å²) >= 11 is 5.91. The van der Waals surface area contributed by atoms with E-state index in [0.29, 0.717) is 27.9 Å². The number of benzene rings is 2. The van der Waals surface area contributed by atoms with E-state index in [-0.39, 0.29) is 19.1 Å². The second-order valence-corrected chi connectivity index (χ2v) is 6.23. The first-order chi connectivity index (χ1) is 13.5. The topological polar surface area (TPSA) is 94.2 Å². The van der Waals surface area contributed by atoms with E-state index in [1.54, 1.807) is 36.4 Å². The van der Waals surface area contributed by atoms with E-state index >= 15 is 0 Å². The Kier molecular flexibility index (Phi) is 6.00. The number of nitrogens with one attached hydrogen (secondary N) is 1. The van der Waals surface area contributed by atoms with Crippen LogP contribution in [-0.2, 0) is 19.1 Å². The summed E-state index contributed by atoms with van der Waals surface area (Å²) in [5.74, 6) is -0.745. The molecule has 3 rings (SSSR count). The highest BCUT2D eigenvalue weighted by molar-refractivity contribution is 6.31. The summed E-state index contributed by atoms with van der Waals surface area (Å²) in [7, 11) is 1.45. The van der Waals surface area contributed by atoms with Gasteiger partial charge in [-0.1, -0.05) is 23.7 Å². The number of anilines is 2. The number of halogens is 1. The van der Waals surface area contributed by atoms with E-state index in [0.717, 1.165) is 0 Å². The molecule has 0 aliphatic carbocycles. The molecule has 0 saturated heterocycles. The number of nitrogens with zero attached hydrogens (tertiary/aromatic N) is 1. The van der Waals surface area contributed by atoms with Crippen molar-refractivity contribution in [3.05, 3.63) is 47.5 Å². The summed E-state index contributed by atoms with van der Waals surface area (Å²) in [4.78, 5) is 37.5. The zero-order valence-electron chi connectivity index (χ0n) is 14.9. The van der Waals surface area contributed by atoms with Crippen molar-refractivity contribution in [2.24, 2.45) is 0 Å². The number of methoxy groups -OCH3 is 1. The zero-order chi connectivity index (χ0) is 20.1. The van der Waals surface area contributed by atoms with Crippen molar-refractivity contribution in [1.29, 1.82) is 0 Å². The Morgan fingerprint density at radius 3 is 2.82 bits per heavy atom. The van der Waals surface area contributed by atoms with Gasteiger partial charge in [0.15, 0.2) is 13.2 Å². The molecule has 2 aromatic carbocycles. The zero-order valence-corrected chi connectivity index (χ0v) is 15.7. The van der Waals surface area contributed by atoms with Gasteiger partial charge in [-0.3, -0.25) is 19.3 Å². The maximum absolute atomic E-state index is 12.1. The Labute approximate surface area is 165 Å². The van der Waals surface area contributed by atoms with E-state index in [1.807, 2.05) is 0 Å². The largest absolute Gasteiger partial charge is 0.495 e. The normalized spacial score (nSPS) is 12.6. The minimum atomic E-state index is -0.724. The molecule has 0 saturated carbocycles. The van der Waals surface area contributed by atoms with Crippen LogP contribution in [0.25, 0.3) is 0 Å². The first-order valence-corrected chi connectivity index (χ1v) is 8.67. The molecule has 2 amide bonds. The monoisotopic (exact) mass is 404 g/mol. The lowest BCUT2D eigenvalue weighted by Crippen LogP contribution is -2.42. The summed E-state index contributed by atoms with van der Waals surface area (Å²) in [5, 5.41) is 2.97. The van der Waals surface area contributed by atoms with Crippen LogP contribution in [0, 0.1) is 0 Å². The quantitative estimate of drug-likeness (QED) is 0.742. The molecule has 1 heterocycles. The molecule has 28 heavy (non-hydrogen) atoms. The number of rotatable bonds is 6. The predicted octanol–water partition coefficient (Wildman–Crippen LogP) is 2.26. The Hall–Kier alpha value is -3.26. The van der Waals surface area contributed by atoms with Crippen molar-refractivity contribution in [2.45, 2.75) is 0 Å². The molecule has 1 aliphatic rings. The van der Waals surface area contributed by atoms with Gasteiger partial charge in [-0.2, -0.15) is 0 Å². The second kappa shape index (κ2) is 8.62. The highest BCUT2D eigenvalue weighted by Crippen LogP contribution is 2.31. The first-order valence-electron chi connectivity index (χ1n) is 8.29. The van der Waals surface area contributed by atoms with Gasteiger partial charge in [0.2, 0.25) is 0 Å². The van der Waals surface area contributed by atoms with E-state index in [4.69, 9.17) is 25.8 Å². The molecular weight excluding hydrogens is 388 g/mol. The van der Waals surface area contributed by atoms with Gasteiger partial charge in [-0.05, 0) is 30.3 Å². The van der Waals surface area contributed by atoms with E-state index in [9.17, 15) is 14.4 Å². The van der Waals surface area contributed by atoms with Crippen molar-refractivity contribution in [2.75, 3.05) is 37.1 Å². The van der Waals surface area contributed by atoms with Crippen LogP contribution in [0.2, 0.25) is 5.02 Å². The fraction of sp³-hybridized carbons (Fsp3) is 0.211. The molecule has 2 aromatic rings. The fourth-order valence-corrected chi connectivity index (χ4v) is 2.78. The molecule has 9 heteroatoms. The van der Waals surface area contributed by atoms with E-state index in [2.05, 4.69) is 5.32 Å². The predicted molar refractivity (Wildman–Crippen MR) is 102 cm³/mol. The number of esters is 1. The Morgan fingerprint density at radius 1 is 1.25 bits per heavy atom. The third kappa shape index (κ3) is 4.52. The minimum Gasteiger partial charge on any atom is -0.495 e. The number of hydrogen-bond acceptors (Lipinski definition) is 6. The number of carbonyl (C=O) groups is 3. The number of hydrogen-bond donors (Lipinski definition) is 1. The summed E-state index contributed by atoms with van der Waals surface area (Å²) < 4.78 is 15.4. The molecule has 0 fully saturated rings. The number of ether oxygens (including phenoxy) is 3. The van der Waals surface area contributed by atoms with Crippen molar-refractivity contribution >= 4 is 40.8 Å². The maximum Gasteiger partial charge on any atom is 0.326 e. The summed E-state index contributed by atoms with van der Waals surface area (Å²) in [6, 6.07) is 11.6. The third-order valence-corrected chi connectivity index (χ3v) is 4.13. The summed E-state index contributed by atoms with van der Waals surface area (Å²) in [6.07, 6.45) is 0. The lowest BCUT2D eigenvalue weighted by atomic mass is 10.2. The van der Waals surface area contributed by atoms with Crippen LogP contribution in [0.15, 0.2) is 42.5 Å². The van der Waals surface area contributed by atoms with Crippen LogP contribution in [0.1, 0.15) is 0 Å².